The number of hydrogen-bond acceptors (Lipinski definition) is 4. The number of nitrogens with two attached hydrogens (primary N) is 1. The SMILES string of the molecule is NC(=O)c1[nH]c2ccc(Cl)cc2c1S(=O)(=O)c1cccnc1. The van der Waals surface area contributed by atoms with Gasteiger partial charge in [0.15, 0.2) is 0 Å². The summed E-state index contributed by atoms with van der Waals surface area (Å²) in [5.41, 5.74) is 5.59. The molecule has 22 heavy (non-hydrogen) atoms. The summed E-state index contributed by atoms with van der Waals surface area (Å²) in [6, 6.07) is 7.55. The number of nitrogens with zero attached hydrogens (tertiary/aromatic N) is 1. The zero-order valence-electron chi connectivity index (χ0n) is 11.1. The maximum absolute atomic E-state index is 12.8. The number of nitrogens with one attached hydrogen (secondary N) is 1. The van der Waals surface area contributed by atoms with E-state index < -0.39 is 15.7 Å². The number of aromatic nitrogens is 2. The Morgan fingerprint density at radius 1 is 1.27 bits per heavy atom. The normalized spacial score (nSPS) is 11.7. The van der Waals surface area contributed by atoms with Crippen molar-refractivity contribution < 1.29 is 13.2 Å². The van der Waals surface area contributed by atoms with Crippen LogP contribution < -0.4 is 5.73 Å². The fourth-order valence-electron chi connectivity index (χ4n) is 2.22. The molecule has 3 aromatic rings. The second-order valence-electron chi connectivity index (χ2n) is 4.58. The number of sulfone groups is 1. The minimum Gasteiger partial charge on any atom is -0.364 e. The van der Waals surface area contributed by atoms with Crippen molar-refractivity contribution in [2.75, 3.05) is 0 Å². The molecule has 0 radical (unpaired) electrons. The number of hydrogen-bond donors (Lipinski definition) is 2. The van der Waals surface area contributed by atoms with Crippen LogP contribution in [0, 0.1) is 0 Å². The molecule has 1 aromatic carbocycles. The van der Waals surface area contributed by atoms with Crippen LogP contribution in [0.25, 0.3) is 10.9 Å². The van der Waals surface area contributed by atoms with Crippen LogP contribution >= 0.6 is 11.6 Å². The van der Waals surface area contributed by atoms with Gasteiger partial charge in [0.25, 0.3) is 5.91 Å². The summed E-state index contributed by atoms with van der Waals surface area (Å²) < 4.78 is 25.7. The molecule has 6 nitrogen and oxygen atoms in total. The van der Waals surface area contributed by atoms with E-state index in [0.29, 0.717) is 15.9 Å². The van der Waals surface area contributed by atoms with Gasteiger partial charge in [-0.3, -0.25) is 9.78 Å². The Balaban J connectivity index is 2.41. The molecular formula is C14H10ClN3O3S. The van der Waals surface area contributed by atoms with Crippen molar-refractivity contribution in [3.05, 3.63) is 53.4 Å². The number of halogens is 1. The highest BCUT2D eigenvalue weighted by Gasteiger charge is 2.28. The molecule has 2 aromatic heterocycles. The van der Waals surface area contributed by atoms with Gasteiger partial charge in [0.05, 0.1) is 4.90 Å². The summed E-state index contributed by atoms with van der Waals surface area (Å²) in [6.45, 7) is 0. The molecule has 0 spiro atoms. The molecule has 0 atom stereocenters. The van der Waals surface area contributed by atoms with Gasteiger partial charge in [0.1, 0.15) is 10.6 Å². The van der Waals surface area contributed by atoms with Gasteiger partial charge in [-0.05, 0) is 30.3 Å². The zero-order chi connectivity index (χ0) is 15.9. The van der Waals surface area contributed by atoms with Crippen molar-refractivity contribution in [3.8, 4) is 0 Å². The first-order valence-corrected chi connectivity index (χ1v) is 8.03. The minimum atomic E-state index is -3.97. The van der Waals surface area contributed by atoms with E-state index in [1.807, 2.05) is 0 Å². The Hall–Kier alpha value is -2.38. The molecule has 3 N–H and O–H groups in total. The van der Waals surface area contributed by atoms with Gasteiger partial charge in [0, 0.05) is 28.3 Å². The van der Waals surface area contributed by atoms with Crippen molar-refractivity contribution >= 4 is 38.2 Å². The number of benzene rings is 1. The summed E-state index contributed by atoms with van der Waals surface area (Å²) in [6.07, 6.45) is 2.67. The molecule has 0 bridgehead atoms. The van der Waals surface area contributed by atoms with Crippen LogP contribution in [-0.2, 0) is 9.84 Å². The van der Waals surface area contributed by atoms with Crippen LogP contribution in [-0.4, -0.2) is 24.3 Å². The summed E-state index contributed by atoms with van der Waals surface area (Å²) >= 11 is 5.94. The number of primary amides is 1. The standard InChI is InChI=1S/C14H10ClN3O3S/c15-8-3-4-11-10(6-8)13(12(18-11)14(16)19)22(20,21)9-2-1-5-17-7-9/h1-7,18H,(H2,16,19). The number of amides is 1. The molecular weight excluding hydrogens is 326 g/mol. The van der Waals surface area contributed by atoms with Gasteiger partial charge in [-0.2, -0.15) is 0 Å². The molecule has 0 unspecified atom stereocenters. The number of aromatic amines is 1. The van der Waals surface area contributed by atoms with E-state index in [1.165, 1.54) is 30.6 Å². The maximum atomic E-state index is 12.8. The molecule has 0 saturated heterocycles. The van der Waals surface area contributed by atoms with Gasteiger partial charge in [-0.15, -0.1) is 0 Å². The Morgan fingerprint density at radius 3 is 2.68 bits per heavy atom. The van der Waals surface area contributed by atoms with E-state index in [9.17, 15) is 13.2 Å². The maximum Gasteiger partial charge on any atom is 0.266 e. The Bertz CT molecular complexity index is 981. The third-order valence-electron chi connectivity index (χ3n) is 3.17. The molecule has 0 aliphatic heterocycles. The van der Waals surface area contributed by atoms with Crippen LogP contribution in [0.1, 0.15) is 10.5 Å². The third-order valence-corrected chi connectivity index (χ3v) is 5.23. The highest BCUT2D eigenvalue weighted by Crippen LogP contribution is 2.32. The second-order valence-corrected chi connectivity index (χ2v) is 6.90. The molecule has 0 saturated carbocycles. The highest BCUT2D eigenvalue weighted by molar-refractivity contribution is 7.91. The number of H-pyrrole nitrogens is 1. The predicted octanol–water partition coefficient (Wildman–Crippen LogP) is 2.15. The fraction of sp³-hybridized carbons (Fsp3) is 0. The van der Waals surface area contributed by atoms with Gasteiger partial charge in [0.2, 0.25) is 9.84 Å². The second kappa shape index (κ2) is 5.11. The molecule has 3 rings (SSSR count). The summed E-state index contributed by atoms with van der Waals surface area (Å²) in [4.78, 5) is 17.9. The average Bonchev–Trinajstić information content (AvgIpc) is 2.87. The monoisotopic (exact) mass is 335 g/mol. The van der Waals surface area contributed by atoms with Crippen LogP contribution in [0.15, 0.2) is 52.5 Å². The van der Waals surface area contributed by atoms with Gasteiger partial charge in [-0.1, -0.05) is 11.6 Å². The van der Waals surface area contributed by atoms with Crippen molar-refractivity contribution in [3.63, 3.8) is 0 Å². The van der Waals surface area contributed by atoms with Gasteiger partial charge >= 0.3 is 0 Å². The zero-order valence-corrected chi connectivity index (χ0v) is 12.6. The first-order valence-electron chi connectivity index (χ1n) is 6.17. The molecule has 0 fully saturated rings. The van der Waals surface area contributed by atoms with Crippen molar-refractivity contribution in [1.29, 1.82) is 0 Å². The van der Waals surface area contributed by atoms with E-state index in [2.05, 4.69) is 9.97 Å². The summed E-state index contributed by atoms with van der Waals surface area (Å²) in [5.74, 6) is -0.866. The lowest BCUT2D eigenvalue weighted by Crippen LogP contribution is -2.16. The molecule has 112 valence electrons. The van der Waals surface area contributed by atoms with Crippen LogP contribution in [0.3, 0.4) is 0 Å². The van der Waals surface area contributed by atoms with E-state index in [-0.39, 0.29) is 15.5 Å². The van der Waals surface area contributed by atoms with Crippen molar-refractivity contribution in [1.82, 2.24) is 9.97 Å². The van der Waals surface area contributed by atoms with E-state index in [4.69, 9.17) is 17.3 Å². The quantitative estimate of drug-likeness (QED) is 0.764. The molecule has 2 heterocycles. The van der Waals surface area contributed by atoms with Crippen molar-refractivity contribution in [2.24, 2.45) is 5.73 Å². The lowest BCUT2D eigenvalue weighted by atomic mass is 10.2. The van der Waals surface area contributed by atoms with Gasteiger partial charge < -0.3 is 10.7 Å². The number of fused-ring (bicyclic) bond motifs is 1. The summed E-state index contributed by atoms with van der Waals surface area (Å²) in [5, 5.41) is 0.662. The topological polar surface area (TPSA) is 106 Å². The highest BCUT2D eigenvalue weighted by atomic mass is 35.5. The molecule has 8 heteroatoms. The first-order chi connectivity index (χ1) is 10.4. The average molecular weight is 336 g/mol. The van der Waals surface area contributed by atoms with Crippen molar-refractivity contribution in [2.45, 2.75) is 9.79 Å². The van der Waals surface area contributed by atoms with E-state index >= 15 is 0 Å². The van der Waals surface area contributed by atoms with Gasteiger partial charge in [-0.25, -0.2) is 8.42 Å². The summed E-state index contributed by atoms with van der Waals surface area (Å²) in [7, 11) is -3.97. The Morgan fingerprint density at radius 2 is 2.05 bits per heavy atom. The predicted molar refractivity (Wildman–Crippen MR) is 81.5 cm³/mol. The molecule has 0 aliphatic rings. The minimum absolute atomic E-state index is 0.0293. The van der Waals surface area contributed by atoms with E-state index in [0.717, 1.165) is 0 Å². The fourth-order valence-corrected chi connectivity index (χ4v) is 3.96. The molecule has 0 aliphatic carbocycles. The van der Waals surface area contributed by atoms with Crippen LogP contribution in [0.5, 0.6) is 0 Å². The van der Waals surface area contributed by atoms with Crippen LogP contribution in [0.2, 0.25) is 5.02 Å². The largest absolute Gasteiger partial charge is 0.364 e. The van der Waals surface area contributed by atoms with E-state index in [1.54, 1.807) is 12.1 Å². The number of carbonyl (C=O) groups excluding carboxylic acids is 1. The van der Waals surface area contributed by atoms with Crippen LogP contribution in [0.4, 0.5) is 0 Å². The lowest BCUT2D eigenvalue weighted by Gasteiger charge is -2.05. The number of carbonyl (C=O) groups is 1. The Labute approximate surface area is 130 Å². The lowest BCUT2D eigenvalue weighted by molar-refractivity contribution is 0.0993. The smallest absolute Gasteiger partial charge is 0.266 e. The number of rotatable bonds is 3. The third kappa shape index (κ3) is 2.24. The first kappa shape index (κ1) is 14.6. The number of pyridine rings is 1. The Kier molecular flexibility index (Phi) is 3.38. The molecule has 1 amide bonds.